The van der Waals surface area contributed by atoms with E-state index in [1.54, 1.807) is 16.7 Å². The summed E-state index contributed by atoms with van der Waals surface area (Å²) < 4.78 is 0. The Hall–Kier alpha value is -2.08. The van der Waals surface area contributed by atoms with Crippen LogP contribution in [0.15, 0.2) is 35.5 Å². The number of anilines is 1. The Bertz CT molecular complexity index is 799. The second-order valence-electron chi connectivity index (χ2n) is 7.85. The maximum atomic E-state index is 12.4. The van der Waals surface area contributed by atoms with Gasteiger partial charge in [0.1, 0.15) is 5.82 Å². The summed E-state index contributed by atoms with van der Waals surface area (Å²) in [5, 5.41) is 0.758. The van der Waals surface area contributed by atoms with Crippen LogP contribution < -0.4 is 4.90 Å². The number of carbonyl (C=O) groups excluding carboxylic acids is 1. The largest absolute Gasteiger partial charge is 0.363 e. The molecule has 0 fully saturated rings. The highest BCUT2D eigenvalue weighted by atomic mass is 32.2. The van der Waals surface area contributed by atoms with Gasteiger partial charge in [-0.2, -0.15) is 0 Å². The highest BCUT2D eigenvalue weighted by molar-refractivity contribution is 7.98. The van der Waals surface area contributed by atoms with E-state index in [4.69, 9.17) is 4.98 Å². The highest BCUT2D eigenvalue weighted by Gasteiger charge is 2.19. The summed E-state index contributed by atoms with van der Waals surface area (Å²) in [6, 6.07) is 9.84. The highest BCUT2D eigenvalue weighted by Crippen LogP contribution is 2.28. The van der Waals surface area contributed by atoms with E-state index < -0.39 is 0 Å². The third-order valence-corrected chi connectivity index (χ3v) is 5.20. The van der Waals surface area contributed by atoms with Gasteiger partial charge in [-0.15, -0.1) is 0 Å². The number of benzene rings is 1. The van der Waals surface area contributed by atoms with Crippen molar-refractivity contribution in [1.82, 2.24) is 14.9 Å². The zero-order valence-corrected chi connectivity index (χ0v) is 18.2. The van der Waals surface area contributed by atoms with Crippen LogP contribution in [0.3, 0.4) is 0 Å². The van der Waals surface area contributed by atoms with Gasteiger partial charge in [0.25, 0.3) is 5.91 Å². The van der Waals surface area contributed by atoms with Crippen molar-refractivity contribution in [2.24, 2.45) is 0 Å². The molecule has 0 spiro atoms. The van der Waals surface area contributed by atoms with Crippen molar-refractivity contribution in [2.75, 3.05) is 32.6 Å². The van der Waals surface area contributed by atoms with Crippen molar-refractivity contribution >= 4 is 23.5 Å². The average molecular weight is 387 g/mol. The molecule has 0 aliphatic rings. The number of rotatable bonds is 6. The van der Waals surface area contributed by atoms with E-state index in [1.165, 1.54) is 0 Å². The first-order chi connectivity index (χ1) is 12.6. The molecule has 1 aromatic heterocycles. The molecule has 0 atom stereocenters. The first kappa shape index (κ1) is 21.2. The number of aromatic nitrogens is 2. The number of carbonyl (C=O) groups is 1. The number of nitrogens with zero attached hydrogens (tertiary/aromatic N) is 4. The van der Waals surface area contributed by atoms with Crippen molar-refractivity contribution in [3.63, 3.8) is 0 Å². The summed E-state index contributed by atoms with van der Waals surface area (Å²) in [7, 11) is 5.80. The zero-order chi connectivity index (χ0) is 20.2. The van der Waals surface area contributed by atoms with Gasteiger partial charge in [0.2, 0.25) is 0 Å². The van der Waals surface area contributed by atoms with Crippen LogP contribution in [-0.2, 0) is 11.2 Å². The Labute approximate surface area is 167 Å². The Morgan fingerprint density at radius 3 is 2.41 bits per heavy atom. The van der Waals surface area contributed by atoms with Gasteiger partial charge < -0.3 is 9.80 Å². The van der Waals surface area contributed by atoms with Gasteiger partial charge in [0.15, 0.2) is 5.16 Å². The minimum Gasteiger partial charge on any atom is -0.363 e. The van der Waals surface area contributed by atoms with Gasteiger partial charge in [0, 0.05) is 50.5 Å². The molecule has 6 heteroatoms. The summed E-state index contributed by atoms with van der Waals surface area (Å²) in [4.78, 5) is 25.5. The van der Waals surface area contributed by atoms with E-state index in [0.29, 0.717) is 6.54 Å². The fraction of sp³-hybridized carbons (Fsp3) is 0.476. The van der Waals surface area contributed by atoms with E-state index in [-0.39, 0.29) is 11.3 Å². The minimum absolute atomic E-state index is 0.0416. The Morgan fingerprint density at radius 1 is 1.11 bits per heavy atom. The molecule has 0 bridgehead atoms. The number of thioether (sulfide) groups is 1. The van der Waals surface area contributed by atoms with Gasteiger partial charge in [-0.1, -0.05) is 44.7 Å². The molecule has 0 saturated carbocycles. The first-order valence-corrected chi connectivity index (χ1v) is 10.1. The molecule has 0 aliphatic heterocycles. The zero-order valence-electron chi connectivity index (χ0n) is 17.4. The number of amides is 1. The van der Waals surface area contributed by atoms with Crippen LogP contribution in [0.4, 0.5) is 5.82 Å². The number of hydrogen-bond acceptors (Lipinski definition) is 5. The van der Waals surface area contributed by atoms with E-state index in [9.17, 15) is 4.79 Å². The predicted octanol–water partition coefficient (Wildman–Crippen LogP) is 4.22. The average Bonchev–Trinajstić information content (AvgIpc) is 2.64. The molecule has 0 N–H and O–H groups in total. The fourth-order valence-electron chi connectivity index (χ4n) is 2.40. The van der Waals surface area contributed by atoms with E-state index >= 15 is 0 Å². The second-order valence-corrected chi connectivity index (χ2v) is 8.79. The lowest BCUT2D eigenvalue weighted by molar-refractivity contribution is 0.0802. The molecule has 2 aromatic rings. The van der Waals surface area contributed by atoms with E-state index in [2.05, 4.69) is 25.8 Å². The molecule has 0 saturated heterocycles. The normalized spacial score (nSPS) is 11.4. The maximum Gasteiger partial charge on any atom is 0.253 e. The van der Waals surface area contributed by atoms with Crippen molar-refractivity contribution in [3.8, 4) is 0 Å². The SMILES string of the molecule is CCN(C)C(=O)c1cccc(CSc2nc(N(C)C)cc(C(C)(C)C)n2)c1. The molecule has 146 valence electrons. The topological polar surface area (TPSA) is 49.3 Å². The Balaban J connectivity index is 2.21. The quantitative estimate of drug-likeness (QED) is 0.549. The molecule has 2 rings (SSSR count). The molecule has 0 radical (unpaired) electrons. The molecular weight excluding hydrogens is 356 g/mol. The van der Waals surface area contributed by atoms with Crippen LogP contribution in [0.2, 0.25) is 0 Å². The van der Waals surface area contributed by atoms with Crippen LogP contribution in [-0.4, -0.2) is 48.5 Å². The Kier molecular flexibility index (Phi) is 6.87. The van der Waals surface area contributed by atoms with E-state index in [1.807, 2.05) is 63.3 Å². The van der Waals surface area contributed by atoms with Crippen LogP contribution in [0, 0.1) is 0 Å². The van der Waals surface area contributed by atoms with Crippen LogP contribution in [0.1, 0.15) is 49.3 Å². The maximum absolute atomic E-state index is 12.4. The molecule has 0 aliphatic carbocycles. The van der Waals surface area contributed by atoms with Crippen LogP contribution in [0.25, 0.3) is 0 Å². The van der Waals surface area contributed by atoms with Gasteiger partial charge in [-0.05, 0) is 24.6 Å². The molecule has 0 unspecified atom stereocenters. The standard InChI is InChI=1S/C21H30N4OS/c1-8-25(7)19(26)16-11-9-10-15(12-16)14-27-20-22-17(21(2,3)4)13-18(23-20)24(5)6/h9-13H,8,14H2,1-7H3. The Morgan fingerprint density at radius 2 is 1.81 bits per heavy atom. The fourth-order valence-corrected chi connectivity index (χ4v) is 3.19. The van der Waals surface area contributed by atoms with Crippen molar-refractivity contribution in [1.29, 1.82) is 0 Å². The molecule has 1 heterocycles. The molecule has 5 nitrogen and oxygen atoms in total. The van der Waals surface area contributed by atoms with Gasteiger partial charge in [-0.25, -0.2) is 9.97 Å². The first-order valence-electron chi connectivity index (χ1n) is 9.16. The lowest BCUT2D eigenvalue weighted by Gasteiger charge is -2.21. The molecule has 1 aromatic carbocycles. The molecule has 27 heavy (non-hydrogen) atoms. The molecular formula is C21H30N4OS. The summed E-state index contributed by atoms with van der Waals surface area (Å²) in [5.74, 6) is 1.67. The summed E-state index contributed by atoms with van der Waals surface area (Å²) >= 11 is 1.60. The van der Waals surface area contributed by atoms with Crippen LogP contribution >= 0.6 is 11.8 Å². The monoisotopic (exact) mass is 386 g/mol. The lowest BCUT2D eigenvalue weighted by atomic mass is 9.92. The minimum atomic E-state index is -0.0416. The van der Waals surface area contributed by atoms with Crippen molar-refractivity contribution in [3.05, 3.63) is 47.2 Å². The summed E-state index contributed by atoms with van der Waals surface area (Å²) in [5.41, 5.74) is 2.79. The summed E-state index contributed by atoms with van der Waals surface area (Å²) in [6.07, 6.45) is 0. The van der Waals surface area contributed by atoms with Crippen molar-refractivity contribution < 1.29 is 4.79 Å². The van der Waals surface area contributed by atoms with Gasteiger partial charge >= 0.3 is 0 Å². The number of hydrogen-bond donors (Lipinski definition) is 0. The third kappa shape index (κ3) is 5.70. The van der Waals surface area contributed by atoms with Gasteiger partial charge in [0.05, 0.1) is 5.69 Å². The lowest BCUT2D eigenvalue weighted by Crippen LogP contribution is -2.26. The van der Waals surface area contributed by atoms with Crippen molar-refractivity contribution in [2.45, 2.75) is 44.0 Å². The third-order valence-electron chi connectivity index (χ3n) is 4.28. The van der Waals surface area contributed by atoms with Gasteiger partial charge in [-0.3, -0.25) is 4.79 Å². The predicted molar refractivity (Wildman–Crippen MR) is 114 cm³/mol. The smallest absolute Gasteiger partial charge is 0.253 e. The van der Waals surface area contributed by atoms with E-state index in [0.717, 1.165) is 33.5 Å². The second kappa shape index (κ2) is 8.74. The molecule has 1 amide bonds. The van der Waals surface area contributed by atoms with Crippen LogP contribution in [0.5, 0.6) is 0 Å². The summed E-state index contributed by atoms with van der Waals surface area (Å²) in [6.45, 7) is 9.13.